The lowest BCUT2D eigenvalue weighted by Gasteiger charge is -2.15. The van der Waals surface area contributed by atoms with E-state index in [0.29, 0.717) is 10.7 Å². The largest absolute Gasteiger partial charge is 0.376 e. The smallest absolute Gasteiger partial charge is 0.271 e. The lowest BCUT2D eigenvalue weighted by atomic mass is 10.2. The number of hydrogen-bond acceptors (Lipinski definition) is 5. The summed E-state index contributed by atoms with van der Waals surface area (Å²) in [6, 6.07) is 4.38. The normalized spacial score (nSPS) is 12.2. The number of nitro benzene ring substituents is 1. The summed E-state index contributed by atoms with van der Waals surface area (Å²) in [4.78, 5) is 15.8. The average Bonchev–Trinajstić information content (AvgIpc) is 2.70. The van der Waals surface area contributed by atoms with E-state index in [1.54, 1.807) is 17.4 Å². The molecule has 0 spiro atoms. The van der Waals surface area contributed by atoms with Crippen LogP contribution in [0.25, 0.3) is 0 Å². The highest BCUT2D eigenvalue weighted by molar-refractivity contribution is 7.11. The van der Waals surface area contributed by atoms with Crippen LogP contribution in [0, 0.1) is 24.0 Å². The van der Waals surface area contributed by atoms with Gasteiger partial charge in [0.05, 0.1) is 32.4 Å². The predicted molar refractivity (Wildman–Crippen MR) is 81.7 cm³/mol. The van der Waals surface area contributed by atoms with E-state index < -0.39 is 4.92 Å². The first kappa shape index (κ1) is 14.7. The molecule has 0 fully saturated rings. The first-order valence-corrected chi connectivity index (χ1v) is 7.22. The van der Waals surface area contributed by atoms with Crippen LogP contribution in [0.5, 0.6) is 0 Å². The van der Waals surface area contributed by atoms with E-state index in [4.69, 9.17) is 11.6 Å². The number of halogens is 1. The molecule has 1 aromatic carbocycles. The Kier molecular flexibility index (Phi) is 4.25. The van der Waals surface area contributed by atoms with Crippen LogP contribution < -0.4 is 5.32 Å². The molecule has 106 valence electrons. The molecule has 0 amide bonds. The highest BCUT2D eigenvalue weighted by Gasteiger charge is 2.15. The molecule has 1 unspecified atom stereocenters. The van der Waals surface area contributed by atoms with Crippen LogP contribution in [0.1, 0.15) is 28.5 Å². The van der Waals surface area contributed by atoms with E-state index in [1.807, 2.05) is 20.8 Å². The van der Waals surface area contributed by atoms with Crippen molar-refractivity contribution in [2.75, 3.05) is 5.32 Å². The molecule has 0 aliphatic carbocycles. The number of nitrogens with one attached hydrogen (secondary N) is 1. The minimum atomic E-state index is -0.465. The summed E-state index contributed by atoms with van der Waals surface area (Å²) < 4.78 is 0. The fourth-order valence-electron chi connectivity index (χ4n) is 1.98. The van der Waals surface area contributed by atoms with Gasteiger partial charge in [-0.3, -0.25) is 10.1 Å². The van der Waals surface area contributed by atoms with Crippen molar-refractivity contribution in [2.45, 2.75) is 26.8 Å². The first-order chi connectivity index (χ1) is 9.38. The third kappa shape index (κ3) is 3.08. The van der Waals surface area contributed by atoms with Gasteiger partial charge in [-0.15, -0.1) is 11.3 Å². The van der Waals surface area contributed by atoms with E-state index in [9.17, 15) is 10.1 Å². The molecule has 0 saturated heterocycles. The van der Waals surface area contributed by atoms with E-state index in [0.717, 1.165) is 15.6 Å². The zero-order chi connectivity index (χ0) is 14.9. The van der Waals surface area contributed by atoms with Gasteiger partial charge in [-0.05, 0) is 26.8 Å². The molecule has 1 heterocycles. The molecule has 0 aliphatic heterocycles. The molecular weight excluding hydrogens is 298 g/mol. The molecule has 0 bridgehead atoms. The van der Waals surface area contributed by atoms with Gasteiger partial charge in [-0.25, -0.2) is 4.98 Å². The summed E-state index contributed by atoms with van der Waals surface area (Å²) in [5.41, 5.74) is 1.62. The summed E-state index contributed by atoms with van der Waals surface area (Å²) in [7, 11) is 0. The van der Waals surface area contributed by atoms with Gasteiger partial charge in [0.15, 0.2) is 0 Å². The second kappa shape index (κ2) is 5.76. The van der Waals surface area contributed by atoms with Crippen molar-refractivity contribution >= 4 is 34.3 Å². The van der Waals surface area contributed by atoms with Crippen molar-refractivity contribution in [2.24, 2.45) is 0 Å². The lowest BCUT2D eigenvalue weighted by Crippen LogP contribution is -2.08. The minimum Gasteiger partial charge on any atom is -0.376 e. The fraction of sp³-hybridized carbons (Fsp3) is 0.308. The molecule has 0 saturated carbocycles. The minimum absolute atomic E-state index is 0.0149. The van der Waals surface area contributed by atoms with Crippen LogP contribution in [0.4, 0.5) is 11.4 Å². The molecule has 5 nitrogen and oxygen atoms in total. The SMILES string of the molecule is Cc1nc(C(C)Nc2ccc([N+](=O)[O-])cc2Cl)c(C)s1. The highest BCUT2D eigenvalue weighted by Crippen LogP contribution is 2.31. The van der Waals surface area contributed by atoms with Crippen molar-refractivity contribution in [3.63, 3.8) is 0 Å². The molecular formula is C13H14ClN3O2S. The topological polar surface area (TPSA) is 68.1 Å². The van der Waals surface area contributed by atoms with Crippen LogP contribution in [0.2, 0.25) is 5.02 Å². The van der Waals surface area contributed by atoms with E-state index >= 15 is 0 Å². The summed E-state index contributed by atoms with van der Waals surface area (Å²) in [6.45, 7) is 5.97. The second-order valence-electron chi connectivity index (χ2n) is 4.46. The van der Waals surface area contributed by atoms with Crippen LogP contribution >= 0.6 is 22.9 Å². The fourth-order valence-corrected chi connectivity index (χ4v) is 3.13. The Hall–Kier alpha value is -1.66. The van der Waals surface area contributed by atoms with Gasteiger partial charge in [0, 0.05) is 17.0 Å². The predicted octanol–water partition coefficient (Wildman–Crippen LogP) is 4.49. The number of aryl methyl sites for hydroxylation is 2. The molecule has 1 aromatic heterocycles. The number of benzene rings is 1. The number of nitro groups is 1. The van der Waals surface area contributed by atoms with Gasteiger partial charge >= 0.3 is 0 Å². The van der Waals surface area contributed by atoms with Crippen molar-refractivity contribution in [3.8, 4) is 0 Å². The Bertz CT molecular complexity index is 657. The quantitative estimate of drug-likeness (QED) is 0.667. The number of non-ortho nitro benzene ring substituents is 1. The van der Waals surface area contributed by atoms with E-state index in [-0.39, 0.29) is 11.7 Å². The Morgan fingerprint density at radius 2 is 2.15 bits per heavy atom. The van der Waals surface area contributed by atoms with E-state index in [2.05, 4.69) is 10.3 Å². The third-order valence-electron chi connectivity index (χ3n) is 2.89. The number of rotatable bonds is 4. The van der Waals surface area contributed by atoms with Gasteiger partial charge in [0.2, 0.25) is 0 Å². The number of nitrogens with zero attached hydrogens (tertiary/aromatic N) is 2. The van der Waals surface area contributed by atoms with E-state index in [1.165, 1.54) is 12.1 Å². The lowest BCUT2D eigenvalue weighted by molar-refractivity contribution is -0.384. The van der Waals surface area contributed by atoms with Gasteiger partial charge in [0.1, 0.15) is 0 Å². The Morgan fingerprint density at radius 3 is 2.65 bits per heavy atom. The van der Waals surface area contributed by atoms with Crippen LogP contribution in [-0.4, -0.2) is 9.91 Å². The highest BCUT2D eigenvalue weighted by atomic mass is 35.5. The van der Waals surface area contributed by atoms with Crippen molar-refractivity contribution < 1.29 is 4.92 Å². The molecule has 1 N–H and O–H groups in total. The Labute approximate surface area is 125 Å². The Morgan fingerprint density at radius 1 is 1.45 bits per heavy atom. The van der Waals surface area contributed by atoms with Crippen molar-refractivity contribution in [1.29, 1.82) is 0 Å². The third-order valence-corrected chi connectivity index (χ3v) is 4.10. The zero-order valence-corrected chi connectivity index (χ0v) is 12.9. The van der Waals surface area contributed by atoms with Crippen LogP contribution in [-0.2, 0) is 0 Å². The summed E-state index contributed by atoms with van der Waals surface area (Å²) in [5.74, 6) is 0. The van der Waals surface area contributed by atoms with Crippen LogP contribution in [0.3, 0.4) is 0 Å². The molecule has 1 atom stereocenters. The second-order valence-corrected chi connectivity index (χ2v) is 6.28. The Balaban J connectivity index is 2.22. The number of aromatic nitrogens is 1. The maximum Gasteiger partial charge on any atom is 0.271 e. The summed E-state index contributed by atoms with van der Waals surface area (Å²) in [6.07, 6.45) is 0. The molecule has 2 rings (SSSR count). The van der Waals surface area contributed by atoms with Gasteiger partial charge in [-0.2, -0.15) is 0 Å². The molecule has 0 aliphatic rings. The van der Waals surface area contributed by atoms with Gasteiger partial charge in [-0.1, -0.05) is 11.6 Å². The van der Waals surface area contributed by atoms with Gasteiger partial charge < -0.3 is 5.32 Å². The standard InChI is InChI=1S/C13H14ClN3O2S/c1-7(13-8(2)20-9(3)16-13)15-12-5-4-10(17(18)19)6-11(12)14/h4-7,15H,1-3H3. The van der Waals surface area contributed by atoms with Crippen molar-refractivity contribution in [3.05, 3.63) is 48.9 Å². The number of anilines is 1. The maximum atomic E-state index is 10.7. The maximum absolute atomic E-state index is 10.7. The molecule has 20 heavy (non-hydrogen) atoms. The molecule has 7 heteroatoms. The number of thiazole rings is 1. The summed E-state index contributed by atoms with van der Waals surface area (Å²) >= 11 is 7.71. The number of hydrogen-bond donors (Lipinski definition) is 1. The van der Waals surface area contributed by atoms with Crippen molar-refractivity contribution in [1.82, 2.24) is 4.98 Å². The zero-order valence-electron chi connectivity index (χ0n) is 11.3. The molecule has 0 radical (unpaired) electrons. The van der Waals surface area contributed by atoms with Gasteiger partial charge in [0.25, 0.3) is 5.69 Å². The summed E-state index contributed by atoms with van der Waals surface area (Å²) in [5, 5.41) is 15.3. The average molecular weight is 312 g/mol. The monoisotopic (exact) mass is 311 g/mol. The first-order valence-electron chi connectivity index (χ1n) is 6.03. The van der Waals surface area contributed by atoms with Crippen LogP contribution in [0.15, 0.2) is 18.2 Å². The molecule has 2 aromatic rings.